The number of benzene rings is 2. The monoisotopic (exact) mass is 413 g/mol. The number of aryl methyl sites for hydroxylation is 1. The van der Waals surface area contributed by atoms with Gasteiger partial charge in [-0.15, -0.1) is 0 Å². The van der Waals surface area contributed by atoms with Crippen molar-refractivity contribution < 1.29 is 22.7 Å². The predicted octanol–water partition coefficient (Wildman–Crippen LogP) is 3.35. The zero-order valence-electron chi connectivity index (χ0n) is 13.3. The second kappa shape index (κ2) is 7.23. The molecular formula is C16H16BrNO5S. The van der Waals surface area contributed by atoms with Gasteiger partial charge >= 0.3 is 5.97 Å². The number of rotatable bonds is 5. The van der Waals surface area contributed by atoms with Crippen molar-refractivity contribution in [2.24, 2.45) is 0 Å². The maximum atomic E-state index is 12.6. The number of hydrogen-bond donors (Lipinski definition) is 1. The first kappa shape index (κ1) is 18.3. The minimum Gasteiger partial charge on any atom is -0.495 e. The van der Waals surface area contributed by atoms with Gasteiger partial charge in [0.1, 0.15) is 5.75 Å². The lowest BCUT2D eigenvalue weighted by Crippen LogP contribution is -2.15. The minimum absolute atomic E-state index is 0.0605. The minimum atomic E-state index is -3.90. The number of sulfonamides is 1. The summed E-state index contributed by atoms with van der Waals surface area (Å²) in [5, 5.41) is 0. The van der Waals surface area contributed by atoms with E-state index < -0.39 is 16.0 Å². The molecule has 24 heavy (non-hydrogen) atoms. The molecule has 1 N–H and O–H groups in total. The Balaban J connectivity index is 2.45. The molecule has 0 saturated heterocycles. The smallest absolute Gasteiger partial charge is 0.339 e. The molecule has 0 aliphatic heterocycles. The number of halogens is 1. The molecule has 0 radical (unpaired) electrons. The van der Waals surface area contributed by atoms with E-state index in [1.165, 1.54) is 32.4 Å². The quantitative estimate of drug-likeness (QED) is 0.759. The fourth-order valence-corrected chi connectivity index (χ4v) is 3.54. The molecular weight excluding hydrogens is 398 g/mol. The number of carbonyl (C=O) groups is 1. The number of anilines is 1. The van der Waals surface area contributed by atoms with Crippen LogP contribution in [-0.2, 0) is 14.8 Å². The van der Waals surface area contributed by atoms with Gasteiger partial charge < -0.3 is 9.47 Å². The lowest BCUT2D eigenvalue weighted by Gasteiger charge is -2.13. The average molecular weight is 414 g/mol. The van der Waals surface area contributed by atoms with Gasteiger partial charge in [0.2, 0.25) is 0 Å². The van der Waals surface area contributed by atoms with Crippen LogP contribution in [0.2, 0.25) is 0 Å². The Morgan fingerprint density at radius 3 is 2.46 bits per heavy atom. The predicted molar refractivity (Wildman–Crippen MR) is 94.0 cm³/mol. The van der Waals surface area contributed by atoms with E-state index in [1.54, 1.807) is 12.1 Å². The van der Waals surface area contributed by atoms with Crippen LogP contribution in [0.4, 0.5) is 5.69 Å². The zero-order valence-corrected chi connectivity index (χ0v) is 15.7. The molecule has 0 unspecified atom stereocenters. The molecule has 128 valence electrons. The van der Waals surface area contributed by atoms with E-state index in [1.807, 2.05) is 13.0 Å². The summed E-state index contributed by atoms with van der Waals surface area (Å²) >= 11 is 3.20. The molecule has 0 aromatic heterocycles. The molecule has 0 amide bonds. The molecule has 0 bridgehead atoms. The number of carbonyl (C=O) groups excluding carboxylic acids is 1. The first-order valence-electron chi connectivity index (χ1n) is 6.84. The molecule has 0 aliphatic carbocycles. The first-order valence-corrected chi connectivity index (χ1v) is 9.11. The third-order valence-corrected chi connectivity index (χ3v) is 5.31. The SMILES string of the molecule is COC(=O)c1cc(S(=O)(=O)Nc2cc(C)ccc2OC)ccc1Br. The number of esters is 1. The van der Waals surface area contributed by atoms with Crippen molar-refractivity contribution in [2.75, 3.05) is 18.9 Å². The van der Waals surface area contributed by atoms with Gasteiger partial charge in [0.05, 0.1) is 30.4 Å². The van der Waals surface area contributed by atoms with Gasteiger partial charge in [-0.1, -0.05) is 6.07 Å². The maximum Gasteiger partial charge on any atom is 0.339 e. The third-order valence-electron chi connectivity index (χ3n) is 3.25. The van der Waals surface area contributed by atoms with Crippen LogP contribution in [0.25, 0.3) is 0 Å². The molecule has 2 aromatic carbocycles. The highest BCUT2D eigenvalue weighted by molar-refractivity contribution is 9.10. The summed E-state index contributed by atoms with van der Waals surface area (Å²) in [6, 6.07) is 9.27. The molecule has 2 aromatic rings. The summed E-state index contributed by atoms with van der Waals surface area (Å²) < 4.78 is 38.0. The van der Waals surface area contributed by atoms with E-state index >= 15 is 0 Å². The number of methoxy groups -OCH3 is 2. The van der Waals surface area contributed by atoms with Gasteiger partial charge in [-0.05, 0) is 58.7 Å². The van der Waals surface area contributed by atoms with Crippen molar-refractivity contribution >= 4 is 37.6 Å². The Labute approximate surface area is 149 Å². The lowest BCUT2D eigenvalue weighted by molar-refractivity contribution is 0.0599. The molecule has 0 spiro atoms. The van der Waals surface area contributed by atoms with Gasteiger partial charge in [-0.3, -0.25) is 4.72 Å². The summed E-state index contributed by atoms with van der Waals surface area (Å²) in [4.78, 5) is 11.7. The van der Waals surface area contributed by atoms with Gasteiger partial charge in [0.25, 0.3) is 10.0 Å². The number of ether oxygens (including phenoxy) is 2. The van der Waals surface area contributed by atoms with Gasteiger partial charge in [-0.25, -0.2) is 13.2 Å². The second-order valence-electron chi connectivity index (χ2n) is 4.94. The van der Waals surface area contributed by atoms with Crippen LogP contribution in [-0.4, -0.2) is 28.6 Å². The van der Waals surface area contributed by atoms with E-state index in [0.29, 0.717) is 15.9 Å². The molecule has 8 heteroatoms. The number of nitrogens with one attached hydrogen (secondary N) is 1. The normalized spacial score (nSPS) is 11.0. The van der Waals surface area contributed by atoms with Crippen molar-refractivity contribution in [3.8, 4) is 5.75 Å². The highest BCUT2D eigenvalue weighted by Gasteiger charge is 2.20. The average Bonchev–Trinajstić information content (AvgIpc) is 2.54. The molecule has 0 saturated carbocycles. The van der Waals surface area contributed by atoms with Crippen LogP contribution in [0.5, 0.6) is 5.75 Å². The zero-order chi connectivity index (χ0) is 17.9. The van der Waals surface area contributed by atoms with Crippen LogP contribution < -0.4 is 9.46 Å². The van der Waals surface area contributed by atoms with E-state index in [2.05, 4.69) is 25.4 Å². The molecule has 0 fully saturated rings. The Kier molecular flexibility index (Phi) is 5.51. The van der Waals surface area contributed by atoms with E-state index in [9.17, 15) is 13.2 Å². The van der Waals surface area contributed by atoms with E-state index in [4.69, 9.17) is 4.74 Å². The Hall–Kier alpha value is -2.06. The Morgan fingerprint density at radius 2 is 1.83 bits per heavy atom. The summed E-state index contributed by atoms with van der Waals surface area (Å²) in [5.41, 5.74) is 1.32. The highest BCUT2D eigenvalue weighted by Crippen LogP contribution is 2.29. The summed E-state index contributed by atoms with van der Waals surface area (Å²) in [6.07, 6.45) is 0. The largest absolute Gasteiger partial charge is 0.495 e. The molecule has 0 atom stereocenters. The summed E-state index contributed by atoms with van der Waals surface area (Å²) in [6.45, 7) is 1.84. The van der Waals surface area contributed by atoms with Crippen LogP contribution in [0.3, 0.4) is 0 Å². The van der Waals surface area contributed by atoms with Crippen molar-refractivity contribution in [2.45, 2.75) is 11.8 Å². The van der Waals surface area contributed by atoms with Crippen LogP contribution in [0.15, 0.2) is 45.8 Å². The van der Waals surface area contributed by atoms with Gasteiger partial charge in [-0.2, -0.15) is 0 Å². The standard InChI is InChI=1S/C16H16BrNO5S/c1-10-4-7-15(22-2)14(8-10)18-24(20,21)11-5-6-13(17)12(9-11)16(19)23-3/h4-9,18H,1-3H3. The van der Waals surface area contributed by atoms with Crippen molar-refractivity contribution in [1.82, 2.24) is 0 Å². The lowest BCUT2D eigenvalue weighted by atomic mass is 10.2. The van der Waals surface area contributed by atoms with Crippen molar-refractivity contribution in [3.05, 3.63) is 52.0 Å². The van der Waals surface area contributed by atoms with Gasteiger partial charge in [0.15, 0.2) is 0 Å². The molecule has 2 rings (SSSR count). The maximum absolute atomic E-state index is 12.6. The topological polar surface area (TPSA) is 81.7 Å². The molecule has 0 heterocycles. The molecule has 0 aliphatic rings. The van der Waals surface area contributed by atoms with Crippen molar-refractivity contribution in [3.63, 3.8) is 0 Å². The van der Waals surface area contributed by atoms with Crippen LogP contribution in [0, 0.1) is 6.92 Å². The first-order chi connectivity index (χ1) is 11.3. The van der Waals surface area contributed by atoms with Crippen LogP contribution >= 0.6 is 15.9 Å². The third kappa shape index (κ3) is 3.88. The summed E-state index contributed by atoms with van der Waals surface area (Å²) in [5.74, 6) is -0.235. The second-order valence-corrected chi connectivity index (χ2v) is 7.48. The fraction of sp³-hybridized carbons (Fsp3) is 0.188. The Bertz CT molecular complexity index is 880. The fourth-order valence-electron chi connectivity index (χ4n) is 2.04. The molecule has 6 nitrogen and oxygen atoms in total. The van der Waals surface area contributed by atoms with E-state index in [0.717, 1.165) is 5.56 Å². The van der Waals surface area contributed by atoms with Crippen molar-refractivity contribution in [1.29, 1.82) is 0 Å². The highest BCUT2D eigenvalue weighted by atomic mass is 79.9. The van der Waals surface area contributed by atoms with Crippen LogP contribution in [0.1, 0.15) is 15.9 Å². The summed E-state index contributed by atoms with van der Waals surface area (Å²) in [7, 11) is -1.22. The number of hydrogen-bond acceptors (Lipinski definition) is 5. The van der Waals surface area contributed by atoms with E-state index in [-0.39, 0.29) is 10.5 Å². The van der Waals surface area contributed by atoms with Gasteiger partial charge in [0, 0.05) is 4.47 Å². The Morgan fingerprint density at radius 1 is 1.12 bits per heavy atom.